The molecule has 1 aliphatic heterocycles. The smallest absolute Gasteiger partial charge is 0.265 e. The van der Waals surface area contributed by atoms with E-state index in [-0.39, 0.29) is 5.91 Å². The van der Waals surface area contributed by atoms with Crippen LogP contribution in [0.15, 0.2) is 12.3 Å². The molecule has 1 aromatic heterocycles. The summed E-state index contributed by atoms with van der Waals surface area (Å²) in [7, 11) is 0. The average Bonchev–Trinajstić information content (AvgIpc) is 2.86. The first kappa shape index (κ1) is 13.6. The number of hydrogen-bond acceptors (Lipinski definition) is 3. The molecule has 1 aromatic rings. The molecule has 0 unspecified atom stereocenters. The number of aromatic amines is 1. The summed E-state index contributed by atoms with van der Waals surface area (Å²) >= 11 is 0. The highest BCUT2D eigenvalue weighted by Gasteiger charge is 2.15. The zero-order valence-corrected chi connectivity index (χ0v) is 10.9. The van der Waals surface area contributed by atoms with Crippen molar-refractivity contribution < 1.29 is 9.59 Å². The van der Waals surface area contributed by atoms with Crippen molar-refractivity contribution in [3.63, 3.8) is 0 Å². The Balaban J connectivity index is 1.75. The molecule has 2 amide bonds. The second-order valence-electron chi connectivity index (χ2n) is 4.95. The van der Waals surface area contributed by atoms with Crippen LogP contribution < -0.4 is 16.4 Å². The van der Waals surface area contributed by atoms with Crippen molar-refractivity contribution in [1.82, 2.24) is 10.3 Å². The van der Waals surface area contributed by atoms with Gasteiger partial charge in [-0.3, -0.25) is 9.59 Å². The van der Waals surface area contributed by atoms with Crippen LogP contribution in [0.25, 0.3) is 0 Å². The minimum Gasteiger partial charge on any atom is -0.364 e. The molecule has 0 aliphatic carbocycles. The summed E-state index contributed by atoms with van der Waals surface area (Å²) in [6.45, 7) is 2.10. The van der Waals surface area contributed by atoms with Crippen LogP contribution in [-0.4, -0.2) is 29.9 Å². The Morgan fingerprint density at radius 3 is 2.74 bits per heavy atom. The molecular weight excluding hydrogens is 244 g/mol. The highest BCUT2D eigenvalue weighted by Crippen LogP contribution is 2.18. The predicted octanol–water partition coefficient (Wildman–Crippen LogP) is 0.832. The second-order valence-corrected chi connectivity index (χ2v) is 4.95. The van der Waals surface area contributed by atoms with Crippen LogP contribution in [0.3, 0.4) is 0 Å². The predicted molar refractivity (Wildman–Crippen MR) is 72.8 cm³/mol. The summed E-state index contributed by atoms with van der Waals surface area (Å²) < 4.78 is 0. The number of hydrogen-bond donors (Lipinski definition) is 4. The number of amides is 2. The van der Waals surface area contributed by atoms with Gasteiger partial charge >= 0.3 is 0 Å². The third-order valence-electron chi connectivity index (χ3n) is 3.47. The largest absolute Gasteiger partial charge is 0.364 e. The van der Waals surface area contributed by atoms with E-state index in [4.69, 9.17) is 5.73 Å². The molecule has 6 heteroatoms. The molecular formula is C13H20N4O2. The van der Waals surface area contributed by atoms with E-state index in [2.05, 4.69) is 15.6 Å². The number of carbonyl (C=O) groups is 2. The maximum Gasteiger partial charge on any atom is 0.265 e. The van der Waals surface area contributed by atoms with Crippen LogP contribution in [0.1, 0.15) is 36.2 Å². The summed E-state index contributed by atoms with van der Waals surface area (Å²) in [4.78, 5) is 25.4. The average molecular weight is 264 g/mol. The van der Waals surface area contributed by atoms with Crippen LogP contribution in [0.4, 0.5) is 5.69 Å². The summed E-state index contributed by atoms with van der Waals surface area (Å²) in [5.41, 5.74) is 6.01. The van der Waals surface area contributed by atoms with Crippen molar-refractivity contribution >= 4 is 17.5 Å². The van der Waals surface area contributed by atoms with Gasteiger partial charge in [-0.25, -0.2) is 0 Å². The minimum atomic E-state index is -0.532. The van der Waals surface area contributed by atoms with E-state index in [0.29, 0.717) is 23.7 Å². The normalized spacial score (nSPS) is 16.2. The highest BCUT2D eigenvalue weighted by atomic mass is 16.2. The van der Waals surface area contributed by atoms with Gasteiger partial charge in [-0.1, -0.05) is 0 Å². The molecule has 0 radical (unpaired) electrons. The lowest BCUT2D eigenvalue weighted by Gasteiger charge is -2.22. The first-order valence-corrected chi connectivity index (χ1v) is 6.64. The molecule has 0 atom stereocenters. The Morgan fingerprint density at radius 2 is 2.11 bits per heavy atom. The quantitative estimate of drug-likeness (QED) is 0.633. The molecule has 1 saturated heterocycles. The molecule has 0 spiro atoms. The fourth-order valence-corrected chi connectivity index (χ4v) is 2.34. The topological polar surface area (TPSA) is 100 Å². The summed E-state index contributed by atoms with van der Waals surface area (Å²) in [6, 6.07) is 1.55. The number of nitrogens with one attached hydrogen (secondary N) is 3. The molecule has 104 valence electrons. The zero-order chi connectivity index (χ0) is 13.7. The van der Waals surface area contributed by atoms with Crippen LogP contribution in [-0.2, 0) is 4.79 Å². The monoisotopic (exact) mass is 264 g/mol. The van der Waals surface area contributed by atoms with Gasteiger partial charge in [0, 0.05) is 12.6 Å². The SMILES string of the molecule is NC(=O)c1cc(NC(=O)CCC2CCNCC2)c[nH]1. The Labute approximate surface area is 112 Å². The van der Waals surface area contributed by atoms with Crippen molar-refractivity contribution in [2.24, 2.45) is 11.7 Å². The van der Waals surface area contributed by atoms with E-state index in [9.17, 15) is 9.59 Å². The number of nitrogens with two attached hydrogens (primary N) is 1. The Morgan fingerprint density at radius 1 is 1.37 bits per heavy atom. The number of primary amides is 1. The third kappa shape index (κ3) is 4.10. The lowest BCUT2D eigenvalue weighted by molar-refractivity contribution is -0.116. The molecule has 0 bridgehead atoms. The number of carbonyl (C=O) groups excluding carboxylic acids is 2. The van der Waals surface area contributed by atoms with Crippen LogP contribution >= 0.6 is 0 Å². The van der Waals surface area contributed by atoms with E-state index in [1.54, 1.807) is 12.3 Å². The molecule has 2 heterocycles. The number of H-pyrrole nitrogens is 1. The van der Waals surface area contributed by atoms with Crippen molar-refractivity contribution in [2.45, 2.75) is 25.7 Å². The van der Waals surface area contributed by atoms with E-state index in [1.807, 2.05) is 0 Å². The van der Waals surface area contributed by atoms with Gasteiger partial charge in [0.2, 0.25) is 5.91 Å². The van der Waals surface area contributed by atoms with Gasteiger partial charge in [0.05, 0.1) is 5.69 Å². The second kappa shape index (κ2) is 6.38. The summed E-state index contributed by atoms with van der Waals surface area (Å²) in [5, 5.41) is 6.07. The standard InChI is InChI=1S/C13H20N4O2/c14-13(19)11-7-10(8-16-11)17-12(18)2-1-9-3-5-15-6-4-9/h7-9,15-16H,1-6H2,(H2,14,19)(H,17,18). The third-order valence-corrected chi connectivity index (χ3v) is 3.47. The Kier molecular flexibility index (Phi) is 4.57. The molecule has 5 N–H and O–H groups in total. The number of rotatable bonds is 5. The van der Waals surface area contributed by atoms with Gasteiger partial charge in [-0.05, 0) is 44.3 Å². The van der Waals surface area contributed by atoms with Gasteiger partial charge in [0.1, 0.15) is 5.69 Å². The number of anilines is 1. The van der Waals surface area contributed by atoms with Crippen molar-refractivity contribution in [3.8, 4) is 0 Å². The van der Waals surface area contributed by atoms with E-state index in [1.165, 1.54) is 0 Å². The fraction of sp³-hybridized carbons (Fsp3) is 0.538. The minimum absolute atomic E-state index is 0.0199. The highest BCUT2D eigenvalue weighted by molar-refractivity contribution is 5.95. The van der Waals surface area contributed by atoms with Gasteiger partial charge in [0.15, 0.2) is 0 Å². The molecule has 2 rings (SSSR count). The summed E-state index contributed by atoms with van der Waals surface area (Å²) in [5.74, 6) is 0.0863. The fourth-order valence-electron chi connectivity index (χ4n) is 2.34. The van der Waals surface area contributed by atoms with Crippen molar-refractivity contribution in [1.29, 1.82) is 0 Å². The number of aromatic nitrogens is 1. The van der Waals surface area contributed by atoms with Gasteiger partial charge in [0.25, 0.3) is 5.91 Å². The molecule has 1 fully saturated rings. The Bertz CT molecular complexity index is 449. The zero-order valence-electron chi connectivity index (χ0n) is 10.9. The summed E-state index contributed by atoms with van der Waals surface area (Å²) in [6.07, 6.45) is 5.29. The Hall–Kier alpha value is -1.82. The maximum absolute atomic E-state index is 11.8. The van der Waals surface area contributed by atoms with E-state index >= 15 is 0 Å². The molecule has 0 aromatic carbocycles. The van der Waals surface area contributed by atoms with Crippen molar-refractivity contribution in [2.75, 3.05) is 18.4 Å². The number of piperidine rings is 1. The molecule has 1 aliphatic rings. The van der Waals surface area contributed by atoms with Crippen LogP contribution in [0, 0.1) is 5.92 Å². The van der Waals surface area contributed by atoms with E-state index in [0.717, 1.165) is 32.4 Å². The first-order valence-electron chi connectivity index (χ1n) is 6.64. The van der Waals surface area contributed by atoms with Gasteiger partial charge in [-0.2, -0.15) is 0 Å². The van der Waals surface area contributed by atoms with E-state index < -0.39 is 5.91 Å². The molecule has 6 nitrogen and oxygen atoms in total. The van der Waals surface area contributed by atoms with Crippen LogP contribution in [0.5, 0.6) is 0 Å². The lowest BCUT2D eigenvalue weighted by Crippen LogP contribution is -2.28. The van der Waals surface area contributed by atoms with Crippen molar-refractivity contribution in [3.05, 3.63) is 18.0 Å². The molecule has 0 saturated carbocycles. The molecule has 19 heavy (non-hydrogen) atoms. The van der Waals surface area contributed by atoms with Gasteiger partial charge < -0.3 is 21.4 Å². The van der Waals surface area contributed by atoms with Gasteiger partial charge in [-0.15, -0.1) is 0 Å². The lowest BCUT2D eigenvalue weighted by atomic mass is 9.93. The first-order chi connectivity index (χ1) is 9.15. The maximum atomic E-state index is 11.8. The van der Waals surface area contributed by atoms with Crippen LogP contribution in [0.2, 0.25) is 0 Å².